The van der Waals surface area contributed by atoms with Gasteiger partial charge in [-0.3, -0.25) is 9.36 Å². The van der Waals surface area contributed by atoms with Crippen molar-refractivity contribution in [2.45, 2.75) is 6.54 Å². The molecule has 3 aromatic rings. The van der Waals surface area contributed by atoms with E-state index in [-0.39, 0.29) is 5.56 Å². The van der Waals surface area contributed by atoms with E-state index in [1.165, 1.54) is 11.3 Å². The van der Waals surface area contributed by atoms with E-state index >= 15 is 0 Å². The number of nitrogens with zero attached hydrogens (tertiary/aromatic N) is 2. The van der Waals surface area contributed by atoms with Crippen molar-refractivity contribution in [3.63, 3.8) is 0 Å². The summed E-state index contributed by atoms with van der Waals surface area (Å²) in [5, 5.41) is 2.54. The quantitative estimate of drug-likeness (QED) is 0.721. The van der Waals surface area contributed by atoms with E-state index in [0.717, 1.165) is 11.1 Å². The van der Waals surface area contributed by atoms with E-state index in [1.54, 1.807) is 10.9 Å². The van der Waals surface area contributed by atoms with Crippen molar-refractivity contribution in [2.24, 2.45) is 0 Å². The summed E-state index contributed by atoms with van der Waals surface area (Å²) in [6.45, 7) is 0.444. The van der Waals surface area contributed by atoms with Crippen LogP contribution in [0.15, 0.2) is 46.8 Å². The van der Waals surface area contributed by atoms with Gasteiger partial charge in [0.15, 0.2) is 0 Å². The van der Waals surface area contributed by atoms with Crippen LogP contribution in [-0.2, 0) is 6.54 Å². The number of aromatic nitrogens is 2. The molecule has 0 N–H and O–H groups in total. The highest BCUT2D eigenvalue weighted by atomic mass is 35.5. The molecule has 3 nitrogen and oxygen atoms in total. The van der Waals surface area contributed by atoms with Crippen LogP contribution in [0.1, 0.15) is 5.56 Å². The molecule has 0 radical (unpaired) electrons. The van der Waals surface area contributed by atoms with Crippen molar-refractivity contribution >= 4 is 33.2 Å². The van der Waals surface area contributed by atoms with Crippen LogP contribution < -0.4 is 5.56 Å². The Morgan fingerprint density at radius 2 is 2.11 bits per heavy atom. The summed E-state index contributed by atoms with van der Waals surface area (Å²) in [5.41, 5.74) is 1.65. The Bertz CT molecular complexity index is 763. The standard InChI is InChI=1S/C13H9ClN2OS/c14-10-4-2-1-3-9(10)7-16-8-15-11-5-6-18-12(11)13(16)17/h1-6,8H,7H2. The van der Waals surface area contributed by atoms with Crippen molar-refractivity contribution in [3.05, 3.63) is 63.0 Å². The Labute approximate surface area is 112 Å². The summed E-state index contributed by atoms with van der Waals surface area (Å²) in [7, 11) is 0. The molecule has 5 heteroatoms. The van der Waals surface area contributed by atoms with Gasteiger partial charge in [0.2, 0.25) is 0 Å². The number of fused-ring (bicyclic) bond motifs is 1. The van der Waals surface area contributed by atoms with E-state index in [9.17, 15) is 4.79 Å². The smallest absolute Gasteiger partial charge is 0.271 e. The van der Waals surface area contributed by atoms with Crippen LogP contribution in [-0.4, -0.2) is 9.55 Å². The van der Waals surface area contributed by atoms with E-state index in [2.05, 4.69) is 4.98 Å². The maximum atomic E-state index is 12.2. The average molecular weight is 277 g/mol. The fourth-order valence-corrected chi connectivity index (χ4v) is 2.79. The summed E-state index contributed by atoms with van der Waals surface area (Å²) < 4.78 is 2.27. The monoisotopic (exact) mass is 276 g/mol. The van der Waals surface area contributed by atoms with Gasteiger partial charge in [0.25, 0.3) is 5.56 Å². The lowest BCUT2D eigenvalue weighted by Gasteiger charge is -2.06. The maximum Gasteiger partial charge on any atom is 0.271 e. The van der Waals surface area contributed by atoms with Crippen LogP contribution in [0.4, 0.5) is 0 Å². The molecule has 0 aliphatic rings. The molecule has 3 rings (SSSR count). The van der Waals surface area contributed by atoms with Crippen LogP contribution >= 0.6 is 22.9 Å². The zero-order chi connectivity index (χ0) is 12.5. The SMILES string of the molecule is O=c1c2sccc2ncn1Cc1ccccc1Cl. The van der Waals surface area contributed by atoms with Crippen LogP contribution in [0.2, 0.25) is 5.02 Å². The lowest BCUT2D eigenvalue weighted by Crippen LogP contribution is -2.20. The van der Waals surface area contributed by atoms with Crippen LogP contribution in [0.3, 0.4) is 0 Å². The summed E-state index contributed by atoms with van der Waals surface area (Å²) in [6, 6.07) is 9.35. The molecule has 2 aromatic heterocycles. The second-order valence-electron chi connectivity index (χ2n) is 3.90. The van der Waals surface area contributed by atoms with Crippen LogP contribution in [0, 0.1) is 0 Å². The Hall–Kier alpha value is -1.65. The molecule has 2 heterocycles. The van der Waals surface area contributed by atoms with E-state index in [0.29, 0.717) is 16.3 Å². The molecule has 0 saturated heterocycles. The highest BCUT2D eigenvalue weighted by molar-refractivity contribution is 7.17. The Kier molecular flexibility index (Phi) is 2.89. The van der Waals surface area contributed by atoms with E-state index in [4.69, 9.17) is 11.6 Å². The van der Waals surface area contributed by atoms with Crippen molar-refractivity contribution in [3.8, 4) is 0 Å². The predicted molar refractivity (Wildman–Crippen MR) is 74.4 cm³/mol. The highest BCUT2D eigenvalue weighted by Gasteiger charge is 2.07. The highest BCUT2D eigenvalue weighted by Crippen LogP contribution is 2.17. The second kappa shape index (κ2) is 4.55. The van der Waals surface area contributed by atoms with Gasteiger partial charge >= 0.3 is 0 Å². The first kappa shape index (κ1) is 11.4. The number of rotatable bonds is 2. The predicted octanol–water partition coefficient (Wildman–Crippen LogP) is 3.16. The minimum atomic E-state index is -0.0186. The molecular formula is C13H9ClN2OS. The third kappa shape index (κ3) is 1.94. The van der Waals surface area contributed by atoms with E-state index in [1.807, 2.05) is 35.7 Å². The third-order valence-corrected chi connectivity index (χ3v) is 3.99. The zero-order valence-corrected chi connectivity index (χ0v) is 10.9. The van der Waals surface area contributed by atoms with Crippen LogP contribution in [0.5, 0.6) is 0 Å². The van der Waals surface area contributed by atoms with Gasteiger partial charge in [-0.1, -0.05) is 29.8 Å². The van der Waals surface area contributed by atoms with Gasteiger partial charge < -0.3 is 0 Å². The maximum absolute atomic E-state index is 12.2. The van der Waals surface area contributed by atoms with Crippen molar-refractivity contribution < 1.29 is 0 Å². The van der Waals surface area contributed by atoms with Gasteiger partial charge in [-0.05, 0) is 23.1 Å². The molecule has 0 aliphatic heterocycles. The summed E-state index contributed by atoms with van der Waals surface area (Å²) in [4.78, 5) is 16.5. The molecule has 0 spiro atoms. The van der Waals surface area contributed by atoms with Crippen LogP contribution in [0.25, 0.3) is 10.2 Å². The Morgan fingerprint density at radius 3 is 2.94 bits per heavy atom. The Morgan fingerprint density at radius 1 is 1.28 bits per heavy atom. The third-order valence-electron chi connectivity index (χ3n) is 2.73. The second-order valence-corrected chi connectivity index (χ2v) is 5.23. The summed E-state index contributed by atoms with van der Waals surface area (Å²) >= 11 is 7.50. The van der Waals surface area contributed by atoms with Crippen molar-refractivity contribution in [1.29, 1.82) is 0 Å². The van der Waals surface area contributed by atoms with Gasteiger partial charge in [0, 0.05) is 5.02 Å². The fourth-order valence-electron chi connectivity index (χ4n) is 1.80. The largest absolute Gasteiger partial charge is 0.293 e. The molecule has 0 bridgehead atoms. The summed E-state index contributed by atoms with van der Waals surface area (Å²) in [6.07, 6.45) is 1.57. The first-order chi connectivity index (χ1) is 8.75. The normalized spacial score (nSPS) is 10.9. The molecular weight excluding hydrogens is 268 g/mol. The molecule has 0 amide bonds. The molecule has 0 saturated carbocycles. The molecule has 1 aromatic carbocycles. The van der Waals surface area contributed by atoms with Gasteiger partial charge in [-0.25, -0.2) is 4.98 Å². The topological polar surface area (TPSA) is 34.9 Å². The molecule has 0 fully saturated rings. The van der Waals surface area contributed by atoms with Gasteiger partial charge in [-0.15, -0.1) is 11.3 Å². The minimum Gasteiger partial charge on any atom is -0.293 e. The van der Waals surface area contributed by atoms with Crippen molar-refractivity contribution in [2.75, 3.05) is 0 Å². The molecule has 18 heavy (non-hydrogen) atoms. The Balaban J connectivity index is 2.08. The molecule has 90 valence electrons. The number of halogens is 1. The van der Waals surface area contributed by atoms with E-state index < -0.39 is 0 Å². The number of thiophene rings is 1. The molecule has 0 atom stereocenters. The first-order valence-corrected chi connectivity index (χ1v) is 6.67. The molecule has 0 aliphatic carbocycles. The average Bonchev–Trinajstić information content (AvgIpc) is 2.84. The van der Waals surface area contributed by atoms with Crippen molar-refractivity contribution in [1.82, 2.24) is 9.55 Å². The molecule has 0 unspecified atom stereocenters. The number of hydrogen-bond donors (Lipinski definition) is 0. The van der Waals surface area contributed by atoms with Gasteiger partial charge in [0.1, 0.15) is 4.70 Å². The van der Waals surface area contributed by atoms with Gasteiger partial charge in [-0.2, -0.15) is 0 Å². The summed E-state index contributed by atoms with van der Waals surface area (Å²) in [5.74, 6) is 0. The lowest BCUT2D eigenvalue weighted by molar-refractivity contribution is 0.750. The lowest BCUT2D eigenvalue weighted by atomic mass is 10.2. The fraction of sp³-hybridized carbons (Fsp3) is 0.0769. The first-order valence-electron chi connectivity index (χ1n) is 5.42. The minimum absolute atomic E-state index is 0.0186. The van der Waals surface area contributed by atoms with Gasteiger partial charge in [0.05, 0.1) is 18.4 Å². The number of hydrogen-bond acceptors (Lipinski definition) is 3. The number of benzene rings is 1. The zero-order valence-electron chi connectivity index (χ0n) is 9.34.